The predicted molar refractivity (Wildman–Crippen MR) is 98.1 cm³/mol. The van der Waals surface area contributed by atoms with Crippen molar-refractivity contribution in [1.82, 2.24) is 20.0 Å². The van der Waals surface area contributed by atoms with E-state index in [-0.39, 0.29) is 17.4 Å². The highest BCUT2D eigenvalue weighted by Gasteiger charge is 2.48. The van der Waals surface area contributed by atoms with E-state index >= 15 is 0 Å². The number of carbonyl (C=O) groups excluding carboxylic acids is 1. The number of nitrogens with one attached hydrogen (secondary N) is 1. The molecule has 2 fully saturated rings. The van der Waals surface area contributed by atoms with Gasteiger partial charge in [-0.15, -0.1) is 0 Å². The third-order valence-electron chi connectivity index (χ3n) is 5.88. The summed E-state index contributed by atoms with van der Waals surface area (Å²) in [5.41, 5.74) is 1.53. The normalized spacial score (nSPS) is 22.8. The van der Waals surface area contributed by atoms with Crippen LogP contribution in [-0.2, 0) is 11.2 Å². The number of carboxylic acids is 1. The van der Waals surface area contributed by atoms with Crippen molar-refractivity contribution < 1.29 is 14.7 Å². The Hall–Kier alpha value is -1.89. The third-order valence-corrected chi connectivity index (χ3v) is 5.88. The number of carbonyl (C=O) groups is 2. The molecule has 1 unspecified atom stereocenters. The van der Waals surface area contributed by atoms with Gasteiger partial charge in [-0.3, -0.25) is 19.6 Å². The fourth-order valence-electron chi connectivity index (χ4n) is 4.49. The summed E-state index contributed by atoms with van der Waals surface area (Å²) in [7, 11) is 0. The van der Waals surface area contributed by atoms with Crippen LogP contribution in [0.4, 0.5) is 0 Å². The summed E-state index contributed by atoms with van der Waals surface area (Å²) in [4.78, 5) is 28.3. The van der Waals surface area contributed by atoms with E-state index < -0.39 is 5.97 Å². The number of aromatic amines is 1. The summed E-state index contributed by atoms with van der Waals surface area (Å²) in [6, 6.07) is 1.48. The molecule has 26 heavy (non-hydrogen) atoms. The molecule has 0 saturated carbocycles. The molecule has 1 spiro atoms. The Labute approximate surface area is 154 Å². The summed E-state index contributed by atoms with van der Waals surface area (Å²) in [6.07, 6.45) is 5.31. The lowest BCUT2D eigenvalue weighted by atomic mass is 9.76. The summed E-state index contributed by atoms with van der Waals surface area (Å²) >= 11 is 0. The first-order chi connectivity index (χ1) is 12.5. The standard InChI is InChI=1S/C19H30N4O3/c1-3-5-14-11-15(21-20-14)17(24)22-9-6-19(7-10-22)12-16(18(25)26)23(13-19)8-4-2/h11,16H,3-10,12-13H2,1-2H3,(H,20,21)(H,25,26). The van der Waals surface area contributed by atoms with Crippen molar-refractivity contribution in [3.63, 3.8) is 0 Å². The van der Waals surface area contributed by atoms with Crippen LogP contribution in [0.15, 0.2) is 6.07 Å². The van der Waals surface area contributed by atoms with Crippen molar-refractivity contribution in [2.45, 2.75) is 58.4 Å². The molecule has 2 aliphatic rings. The summed E-state index contributed by atoms with van der Waals surface area (Å²) in [5.74, 6) is -0.731. The van der Waals surface area contributed by atoms with E-state index in [2.05, 4.69) is 28.9 Å². The van der Waals surface area contributed by atoms with Gasteiger partial charge in [-0.2, -0.15) is 5.10 Å². The molecule has 1 amide bonds. The number of likely N-dealkylation sites (tertiary alicyclic amines) is 2. The molecule has 3 heterocycles. The van der Waals surface area contributed by atoms with Gasteiger partial charge in [0.2, 0.25) is 0 Å². The number of piperidine rings is 1. The lowest BCUT2D eigenvalue weighted by Gasteiger charge is -2.39. The lowest BCUT2D eigenvalue weighted by Crippen LogP contribution is -2.44. The van der Waals surface area contributed by atoms with E-state index in [1.165, 1.54) is 0 Å². The number of amides is 1. The summed E-state index contributed by atoms with van der Waals surface area (Å²) in [5, 5.41) is 16.7. The second-order valence-electron chi connectivity index (χ2n) is 7.85. The van der Waals surface area contributed by atoms with Crippen molar-refractivity contribution in [3.05, 3.63) is 17.5 Å². The molecule has 0 aromatic carbocycles. The molecule has 0 radical (unpaired) electrons. The fraction of sp³-hybridized carbons (Fsp3) is 0.737. The molecule has 2 N–H and O–H groups in total. The number of aryl methyl sites for hydroxylation is 1. The first kappa shape index (κ1) is 18.9. The van der Waals surface area contributed by atoms with Gasteiger partial charge >= 0.3 is 5.97 Å². The molecule has 1 atom stereocenters. The van der Waals surface area contributed by atoms with E-state index in [0.29, 0.717) is 25.2 Å². The maximum Gasteiger partial charge on any atom is 0.320 e. The monoisotopic (exact) mass is 362 g/mol. The van der Waals surface area contributed by atoms with Gasteiger partial charge in [0.05, 0.1) is 0 Å². The minimum atomic E-state index is -0.714. The zero-order valence-electron chi connectivity index (χ0n) is 15.8. The molecule has 2 saturated heterocycles. The van der Waals surface area contributed by atoms with Gasteiger partial charge in [-0.05, 0) is 50.1 Å². The molecule has 2 aliphatic heterocycles. The van der Waals surface area contributed by atoms with Crippen LogP contribution in [0.5, 0.6) is 0 Å². The Morgan fingerprint density at radius 1 is 1.31 bits per heavy atom. The van der Waals surface area contributed by atoms with Crippen molar-refractivity contribution in [3.8, 4) is 0 Å². The lowest BCUT2D eigenvalue weighted by molar-refractivity contribution is -0.142. The topological polar surface area (TPSA) is 89.5 Å². The van der Waals surface area contributed by atoms with E-state index in [0.717, 1.165) is 50.9 Å². The maximum absolute atomic E-state index is 12.7. The molecule has 0 aliphatic carbocycles. The van der Waals surface area contributed by atoms with Gasteiger partial charge in [0.15, 0.2) is 0 Å². The Morgan fingerprint density at radius 2 is 2.04 bits per heavy atom. The summed E-state index contributed by atoms with van der Waals surface area (Å²) < 4.78 is 0. The number of aromatic nitrogens is 2. The molecule has 1 aromatic heterocycles. The van der Waals surface area contributed by atoms with Crippen molar-refractivity contribution >= 4 is 11.9 Å². The van der Waals surface area contributed by atoms with Gasteiger partial charge in [-0.1, -0.05) is 20.3 Å². The number of carboxylic acid groups (broad SMARTS) is 1. The van der Waals surface area contributed by atoms with E-state index in [1.54, 1.807) is 0 Å². The van der Waals surface area contributed by atoms with Gasteiger partial charge in [-0.25, -0.2) is 0 Å². The Balaban J connectivity index is 1.61. The van der Waals surface area contributed by atoms with Gasteiger partial charge in [0.25, 0.3) is 5.91 Å². The molecule has 7 nitrogen and oxygen atoms in total. The number of hydrogen-bond acceptors (Lipinski definition) is 4. The predicted octanol–water partition coefficient (Wildman–Crippen LogP) is 2.15. The van der Waals surface area contributed by atoms with E-state index in [1.807, 2.05) is 11.0 Å². The average Bonchev–Trinajstić information content (AvgIpc) is 3.21. The quantitative estimate of drug-likeness (QED) is 0.809. The largest absolute Gasteiger partial charge is 0.480 e. The molecular weight excluding hydrogens is 332 g/mol. The molecule has 7 heteroatoms. The van der Waals surface area contributed by atoms with Crippen molar-refractivity contribution in [1.29, 1.82) is 0 Å². The van der Waals surface area contributed by atoms with Crippen molar-refractivity contribution in [2.24, 2.45) is 5.41 Å². The Morgan fingerprint density at radius 3 is 2.65 bits per heavy atom. The van der Waals surface area contributed by atoms with Crippen LogP contribution < -0.4 is 0 Å². The average molecular weight is 362 g/mol. The highest BCUT2D eigenvalue weighted by Crippen LogP contribution is 2.43. The maximum atomic E-state index is 12.7. The van der Waals surface area contributed by atoms with Crippen LogP contribution in [0.1, 0.15) is 62.1 Å². The van der Waals surface area contributed by atoms with Crippen LogP contribution in [0.25, 0.3) is 0 Å². The van der Waals surface area contributed by atoms with Crippen molar-refractivity contribution in [2.75, 3.05) is 26.2 Å². The molecule has 3 rings (SSSR count). The van der Waals surface area contributed by atoms with Gasteiger partial charge in [0.1, 0.15) is 11.7 Å². The van der Waals surface area contributed by atoms with E-state index in [4.69, 9.17) is 0 Å². The molecule has 0 bridgehead atoms. The SMILES string of the molecule is CCCc1cc(C(=O)N2CCC3(CC2)CC(C(=O)O)N(CCC)C3)n[nH]1. The minimum Gasteiger partial charge on any atom is -0.480 e. The number of H-pyrrole nitrogens is 1. The smallest absolute Gasteiger partial charge is 0.320 e. The number of rotatable bonds is 6. The van der Waals surface area contributed by atoms with Crippen LogP contribution in [0, 0.1) is 5.41 Å². The highest BCUT2D eigenvalue weighted by molar-refractivity contribution is 5.92. The Bertz CT molecular complexity index is 649. The minimum absolute atomic E-state index is 0.0170. The Kier molecular flexibility index (Phi) is 5.65. The van der Waals surface area contributed by atoms with E-state index in [9.17, 15) is 14.7 Å². The van der Waals surface area contributed by atoms with Crippen LogP contribution >= 0.6 is 0 Å². The first-order valence-corrected chi connectivity index (χ1v) is 9.78. The van der Waals surface area contributed by atoms with Gasteiger partial charge in [0, 0.05) is 25.3 Å². The highest BCUT2D eigenvalue weighted by atomic mass is 16.4. The summed E-state index contributed by atoms with van der Waals surface area (Å²) in [6.45, 7) is 7.21. The first-order valence-electron chi connectivity index (χ1n) is 9.78. The van der Waals surface area contributed by atoms with Crippen LogP contribution in [0.3, 0.4) is 0 Å². The fourth-order valence-corrected chi connectivity index (χ4v) is 4.49. The third kappa shape index (κ3) is 3.77. The zero-order valence-corrected chi connectivity index (χ0v) is 15.8. The second kappa shape index (κ2) is 7.78. The van der Waals surface area contributed by atoms with Crippen LogP contribution in [-0.4, -0.2) is 69.2 Å². The number of hydrogen-bond donors (Lipinski definition) is 2. The molecule has 1 aromatic rings. The zero-order chi connectivity index (χ0) is 18.7. The number of nitrogens with zero attached hydrogens (tertiary/aromatic N) is 3. The molecular formula is C19H30N4O3. The molecule has 144 valence electrons. The van der Waals surface area contributed by atoms with Gasteiger partial charge < -0.3 is 10.0 Å². The van der Waals surface area contributed by atoms with Crippen LogP contribution in [0.2, 0.25) is 0 Å². The number of aliphatic carboxylic acids is 1. The second-order valence-corrected chi connectivity index (χ2v) is 7.85.